The van der Waals surface area contributed by atoms with Crippen LogP contribution in [-0.4, -0.2) is 35.2 Å². The Morgan fingerprint density at radius 1 is 1.27 bits per heavy atom. The fourth-order valence-corrected chi connectivity index (χ4v) is 2.06. The van der Waals surface area contributed by atoms with E-state index in [0.717, 1.165) is 5.56 Å². The first-order valence-electron chi connectivity index (χ1n) is 7.24. The van der Waals surface area contributed by atoms with Gasteiger partial charge in [-0.2, -0.15) is 0 Å². The highest BCUT2D eigenvalue weighted by Gasteiger charge is 2.27. The van der Waals surface area contributed by atoms with E-state index in [4.69, 9.17) is 9.47 Å². The van der Waals surface area contributed by atoms with E-state index in [1.54, 1.807) is 11.0 Å². The molecule has 2 rings (SSSR count). The van der Waals surface area contributed by atoms with Crippen LogP contribution in [0.1, 0.15) is 26.3 Å². The third kappa shape index (κ3) is 4.91. The number of cyclic esters (lactones) is 1. The summed E-state index contributed by atoms with van der Waals surface area (Å²) in [4.78, 5) is 25.1. The Hall–Kier alpha value is -2.30. The minimum Gasteiger partial charge on any atom is -0.453 e. The van der Waals surface area contributed by atoms with E-state index in [-0.39, 0.29) is 12.5 Å². The van der Waals surface area contributed by atoms with Gasteiger partial charge in [-0.05, 0) is 32.4 Å². The SMILES string of the molecule is CC(C)(C)OC(=O)N(Cc1ccccc1)CC1C=CC(=O)O1. The van der Waals surface area contributed by atoms with Crippen LogP contribution >= 0.6 is 0 Å². The lowest BCUT2D eigenvalue weighted by atomic mass is 10.2. The van der Waals surface area contributed by atoms with E-state index in [1.807, 2.05) is 51.1 Å². The van der Waals surface area contributed by atoms with Crippen LogP contribution in [0.2, 0.25) is 0 Å². The van der Waals surface area contributed by atoms with Crippen LogP contribution in [0.15, 0.2) is 42.5 Å². The molecule has 1 heterocycles. The van der Waals surface area contributed by atoms with Crippen LogP contribution in [0.4, 0.5) is 4.79 Å². The van der Waals surface area contributed by atoms with Gasteiger partial charge in [0.15, 0.2) is 0 Å². The third-order valence-corrected chi connectivity index (χ3v) is 2.98. The average molecular weight is 303 g/mol. The molecule has 1 aromatic carbocycles. The van der Waals surface area contributed by atoms with Crippen LogP contribution in [0.5, 0.6) is 0 Å². The van der Waals surface area contributed by atoms with Crippen molar-refractivity contribution in [2.24, 2.45) is 0 Å². The number of hydrogen-bond acceptors (Lipinski definition) is 4. The molecule has 5 nitrogen and oxygen atoms in total. The first-order chi connectivity index (χ1) is 10.3. The van der Waals surface area contributed by atoms with Crippen LogP contribution in [0.25, 0.3) is 0 Å². The maximum atomic E-state index is 12.4. The minimum atomic E-state index is -0.575. The Balaban J connectivity index is 2.07. The van der Waals surface area contributed by atoms with Crippen molar-refractivity contribution < 1.29 is 19.1 Å². The lowest BCUT2D eigenvalue weighted by Gasteiger charge is -2.28. The van der Waals surface area contributed by atoms with Gasteiger partial charge in [-0.15, -0.1) is 0 Å². The van der Waals surface area contributed by atoms with Crippen molar-refractivity contribution in [3.8, 4) is 0 Å². The number of esters is 1. The average Bonchev–Trinajstić information content (AvgIpc) is 2.83. The van der Waals surface area contributed by atoms with E-state index in [0.29, 0.717) is 6.54 Å². The molecule has 1 atom stereocenters. The normalized spacial score (nSPS) is 17.2. The summed E-state index contributed by atoms with van der Waals surface area (Å²) >= 11 is 0. The summed E-state index contributed by atoms with van der Waals surface area (Å²) in [6.07, 6.45) is 2.18. The van der Waals surface area contributed by atoms with Crippen molar-refractivity contribution in [3.63, 3.8) is 0 Å². The molecule has 0 aromatic heterocycles. The van der Waals surface area contributed by atoms with Crippen LogP contribution in [0.3, 0.4) is 0 Å². The number of ether oxygens (including phenoxy) is 2. The van der Waals surface area contributed by atoms with Gasteiger partial charge in [-0.3, -0.25) is 4.90 Å². The monoisotopic (exact) mass is 303 g/mol. The van der Waals surface area contributed by atoms with Crippen LogP contribution in [-0.2, 0) is 20.8 Å². The Morgan fingerprint density at radius 2 is 1.95 bits per heavy atom. The van der Waals surface area contributed by atoms with Crippen LogP contribution in [0, 0.1) is 0 Å². The first kappa shape index (κ1) is 16.1. The lowest BCUT2D eigenvalue weighted by Crippen LogP contribution is -2.40. The van der Waals surface area contributed by atoms with Gasteiger partial charge >= 0.3 is 12.1 Å². The van der Waals surface area contributed by atoms with Crippen molar-refractivity contribution >= 4 is 12.1 Å². The van der Waals surface area contributed by atoms with Gasteiger partial charge in [-0.25, -0.2) is 9.59 Å². The molecule has 1 unspecified atom stereocenters. The number of hydrogen-bond donors (Lipinski definition) is 0. The second-order valence-corrected chi connectivity index (χ2v) is 6.18. The molecular formula is C17H21NO4. The quantitative estimate of drug-likeness (QED) is 0.803. The summed E-state index contributed by atoms with van der Waals surface area (Å²) in [6, 6.07) is 9.63. The van der Waals surface area contributed by atoms with Crippen molar-refractivity contribution in [2.45, 2.75) is 39.0 Å². The molecule has 0 saturated heterocycles. The second-order valence-electron chi connectivity index (χ2n) is 6.18. The van der Waals surface area contributed by atoms with E-state index in [2.05, 4.69) is 0 Å². The molecular weight excluding hydrogens is 282 g/mol. The zero-order chi connectivity index (χ0) is 16.2. The fraction of sp³-hybridized carbons (Fsp3) is 0.412. The molecule has 118 valence electrons. The summed E-state index contributed by atoms with van der Waals surface area (Å²) in [5, 5.41) is 0. The minimum absolute atomic E-state index is 0.270. The van der Waals surface area contributed by atoms with Gasteiger partial charge in [0.1, 0.15) is 11.7 Å². The highest BCUT2D eigenvalue weighted by atomic mass is 16.6. The van der Waals surface area contributed by atoms with Gasteiger partial charge < -0.3 is 9.47 Å². The molecule has 0 N–H and O–H groups in total. The Kier molecular flexibility index (Phi) is 4.85. The number of amides is 1. The maximum absolute atomic E-state index is 12.4. The van der Waals surface area contributed by atoms with Crippen molar-refractivity contribution in [1.29, 1.82) is 0 Å². The summed E-state index contributed by atoms with van der Waals surface area (Å²) in [6.45, 7) is 6.13. The molecule has 1 aromatic rings. The molecule has 0 saturated carbocycles. The topological polar surface area (TPSA) is 55.8 Å². The maximum Gasteiger partial charge on any atom is 0.410 e. The van der Waals surface area contributed by atoms with Gasteiger partial charge in [-0.1, -0.05) is 30.3 Å². The van der Waals surface area contributed by atoms with Gasteiger partial charge in [0.05, 0.1) is 6.54 Å². The Morgan fingerprint density at radius 3 is 2.50 bits per heavy atom. The summed E-state index contributed by atoms with van der Waals surface area (Å²) in [5.41, 5.74) is 0.412. The molecule has 0 radical (unpaired) electrons. The molecule has 1 aliphatic rings. The summed E-state index contributed by atoms with van der Waals surface area (Å²) < 4.78 is 10.5. The first-order valence-corrected chi connectivity index (χ1v) is 7.24. The van der Waals surface area contributed by atoms with Gasteiger partial charge in [0.25, 0.3) is 0 Å². The predicted molar refractivity (Wildman–Crippen MR) is 82.1 cm³/mol. The molecule has 0 spiro atoms. The highest BCUT2D eigenvalue weighted by molar-refractivity contribution is 5.84. The lowest BCUT2D eigenvalue weighted by molar-refractivity contribution is -0.139. The third-order valence-electron chi connectivity index (χ3n) is 2.98. The second kappa shape index (κ2) is 6.64. The zero-order valence-electron chi connectivity index (χ0n) is 13.1. The van der Waals surface area contributed by atoms with Gasteiger partial charge in [0, 0.05) is 12.6 Å². The van der Waals surface area contributed by atoms with E-state index in [9.17, 15) is 9.59 Å². The molecule has 0 fully saturated rings. The number of carbonyl (C=O) groups is 2. The van der Waals surface area contributed by atoms with Gasteiger partial charge in [0.2, 0.25) is 0 Å². The summed E-state index contributed by atoms with van der Waals surface area (Å²) in [7, 11) is 0. The molecule has 0 aliphatic carbocycles. The largest absolute Gasteiger partial charge is 0.453 e. The number of rotatable bonds is 4. The Labute approximate surface area is 130 Å². The smallest absolute Gasteiger partial charge is 0.410 e. The zero-order valence-corrected chi connectivity index (χ0v) is 13.1. The Bertz CT molecular complexity index is 560. The molecule has 5 heteroatoms. The number of carbonyl (C=O) groups excluding carboxylic acids is 2. The standard InChI is InChI=1S/C17H21NO4/c1-17(2,3)22-16(20)18(11-13-7-5-4-6-8-13)12-14-9-10-15(19)21-14/h4-10,14H,11-12H2,1-3H3. The van der Waals surface area contributed by atoms with Crippen molar-refractivity contribution in [3.05, 3.63) is 48.0 Å². The molecule has 1 amide bonds. The summed E-state index contributed by atoms with van der Waals surface area (Å²) in [5.74, 6) is -0.381. The van der Waals surface area contributed by atoms with Crippen molar-refractivity contribution in [1.82, 2.24) is 4.90 Å². The number of nitrogens with zero attached hydrogens (tertiary/aromatic N) is 1. The molecule has 0 bridgehead atoms. The molecule has 1 aliphatic heterocycles. The van der Waals surface area contributed by atoms with Crippen molar-refractivity contribution in [2.75, 3.05) is 6.54 Å². The van der Waals surface area contributed by atoms with Crippen LogP contribution < -0.4 is 0 Å². The predicted octanol–water partition coefficient (Wildman–Crippen LogP) is 2.91. The van der Waals surface area contributed by atoms with E-state index in [1.165, 1.54) is 6.08 Å². The van der Waals surface area contributed by atoms with E-state index >= 15 is 0 Å². The fourth-order valence-electron chi connectivity index (χ4n) is 2.06. The highest BCUT2D eigenvalue weighted by Crippen LogP contribution is 2.15. The molecule has 22 heavy (non-hydrogen) atoms. The van der Waals surface area contributed by atoms with E-state index < -0.39 is 17.8 Å². The number of benzene rings is 1.